The third-order valence-corrected chi connectivity index (χ3v) is 2.37. The number of hydrogen-bond donors (Lipinski definition) is 1. The molecule has 0 unspecified atom stereocenters. The zero-order valence-corrected chi connectivity index (χ0v) is 8.63. The summed E-state index contributed by atoms with van der Waals surface area (Å²) < 4.78 is 1.86. The molecule has 1 aromatic carbocycles. The molecule has 0 aromatic heterocycles. The number of halogens is 2. The van der Waals surface area contributed by atoms with E-state index in [4.69, 9.17) is 5.21 Å². The second kappa shape index (κ2) is 3.88. The van der Waals surface area contributed by atoms with E-state index < -0.39 is 0 Å². The summed E-state index contributed by atoms with van der Waals surface area (Å²) in [6.07, 6.45) is 1.37. The van der Waals surface area contributed by atoms with Gasteiger partial charge in [-0.25, -0.2) is 0 Å². The summed E-state index contributed by atoms with van der Waals surface area (Å²) >= 11 is 6.61. The van der Waals surface area contributed by atoms with Crippen LogP contribution in [-0.4, -0.2) is 11.4 Å². The van der Waals surface area contributed by atoms with Crippen LogP contribution in [0, 0.1) is 0 Å². The molecule has 0 saturated heterocycles. The molecule has 0 spiro atoms. The maximum absolute atomic E-state index is 8.27. The molecule has 2 nitrogen and oxygen atoms in total. The number of benzene rings is 1. The van der Waals surface area contributed by atoms with Gasteiger partial charge in [0.25, 0.3) is 0 Å². The van der Waals surface area contributed by atoms with Gasteiger partial charge in [0.05, 0.1) is 6.21 Å². The molecular formula is C7H5Br2NO. The highest BCUT2D eigenvalue weighted by molar-refractivity contribution is 9.11. The lowest BCUT2D eigenvalue weighted by Gasteiger charge is -1.96. The molecular weight excluding hydrogens is 274 g/mol. The first-order valence-corrected chi connectivity index (χ1v) is 4.45. The summed E-state index contributed by atoms with van der Waals surface area (Å²) in [5.74, 6) is 0. The van der Waals surface area contributed by atoms with Crippen LogP contribution in [0.5, 0.6) is 0 Å². The lowest BCUT2D eigenvalue weighted by molar-refractivity contribution is 0.322. The van der Waals surface area contributed by atoms with Crippen LogP contribution in [-0.2, 0) is 0 Å². The molecule has 0 amide bonds. The van der Waals surface area contributed by atoms with Crippen molar-refractivity contribution in [3.63, 3.8) is 0 Å². The van der Waals surface area contributed by atoms with Gasteiger partial charge in [0.15, 0.2) is 0 Å². The Balaban J connectivity index is 3.12. The molecule has 0 heterocycles. The van der Waals surface area contributed by atoms with Crippen molar-refractivity contribution >= 4 is 38.1 Å². The van der Waals surface area contributed by atoms with E-state index in [1.165, 1.54) is 6.21 Å². The van der Waals surface area contributed by atoms with Gasteiger partial charge >= 0.3 is 0 Å². The van der Waals surface area contributed by atoms with Crippen molar-refractivity contribution in [1.82, 2.24) is 0 Å². The fourth-order valence-electron chi connectivity index (χ4n) is 0.676. The standard InChI is InChI=1S/C7H5Br2NO/c8-6-1-2-7(9)5(3-6)4-10-11/h1-4,11H. The molecule has 58 valence electrons. The second-order valence-electron chi connectivity index (χ2n) is 1.91. The number of nitrogens with zero attached hydrogens (tertiary/aromatic N) is 1. The van der Waals surface area contributed by atoms with Gasteiger partial charge in [-0.3, -0.25) is 0 Å². The van der Waals surface area contributed by atoms with Crippen molar-refractivity contribution in [2.24, 2.45) is 5.16 Å². The fourth-order valence-corrected chi connectivity index (χ4v) is 1.40. The average Bonchev–Trinajstić information content (AvgIpc) is 1.98. The van der Waals surface area contributed by atoms with Crippen LogP contribution in [0.4, 0.5) is 0 Å². The van der Waals surface area contributed by atoms with E-state index in [1.807, 2.05) is 18.2 Å². The Bertz CT molecular complexity index is 286. The SMILES string of the molecule is ON=Cc1cc(Br)ccc1Br. The van der Waals surface area contributed by atoms with Crippen LogP contribution in [0.2, 0.25) is 0 Å². The van der Waals surface area contributed by atoms with Gasteiger partial charge in [0, 0.05) is 14.5 Å². The minimum Gasteiger partial charge on any atom is -0.411 e. The zero-order valence-electron chi connectivity index (χ0n) is 5.46. The number of oxime groups is 1. The first-order valence-electron chi connectivity index (χ1n) is 2.86. The van der Waals surface area contributed by atoms with E-state index in [1.54, 1.807) is 0 Å². The molecule has 0 atom stereocenters. The molecule has 0 aliphatic heterocycles. The molecule has 0 bridgehead atoms. The molecule has 0 saturated carbocycles. The van der Waals surface area contributed by atoms with Gasteiger partial charge in [-0.2, -0.15) is 0 Å². The normalized spacial score (nSPS) is 10.7. The summed E-state index contributed by atoms with van der Waals surface area (Å²) in [6, 6.07) is 5.63. The summed E-state index contributed by atoms with van der Waals surface area (Å²) in [5.41, 5.74) is 0.835. The maximum atomic E-state index is 8.27. The number of rotatable bonds is 1. The maximum Gasteiger partial charge on any atom is 0.0745 e. The van der Waals surface area contributed by atoms with E-state index in [0.29, 0.717) is 0 Å². The van der Waals surface area contributed by atoms with Crippen molar-refractivity contribution in [3.05, 3.63) is 32.7 Å². The summed E-state index contributed by atoms with van der Waals surface area (Å²) in [6.45, 7) is 0. The van der Waals surface area contributed by atoms with Crippen LogP contribution in [0.1, 0.15) is 5.56 Å². The van der Waals surface area contributed by atoms with Gasteiger partial charge < -0.3 is 5.21 Å². The smallest absolute Gasteiger partial charge is 0.0745 e. The van der Waals surface area contributed by atoms with Gasteiger partial charge in [-0.05, 0) is 18.2 Å². The molecule has 0 radical (unpaired) electrons. The minimum absolute atomic E-state index is 0.835. The average molecular weight is 279 g/mol. The predicted molar refractivity (Wildman–Crippen MR) is 51.2 cm³/mol. The summed E-state index contributed by atoms with van der Waals surface area (Å²) in [4.78, 5) is 0. The Kier molecular flexibility index (Phi) is 3.08. The van der Waals surface area contributed by atoms with Crippen LogP contribution >= 0.6 is 31.9 Å². The van der Waals surface area contributed by atoms with Crippen LogP contribution in [0.15, 0.2) is 32.3 Å². The third-order valence-electron chi connectivity index (χ3n) is 1.15. The molecule has 11 heavy (non-hydrogen) atoms. The molecule has 1 aromatic rings. The fraction of sp³-hybridized carbons (Fsp3) is 0. The van der Waals surface area contributed by atoms with E-state index >= 15 is 0 Å². The molecule has 4 heteroatoms. The van der Waals surface area contributed by atoms with Crippen LogP contribution in [0.25, 0.3) is 0 Å². The van der Waals surface area contributed by atoms with E-state index in [9.17, 15) is 0 Å². The molecule has 0 fully saturated rings. The molecule has 1 N–H and O–H groups in total. The first kappa shape index (κ1) is 8.74. The van der Waals surface area contributed by atoms with E-state index in [-0.39, 0.29) is 0 Å². The van der Waals surface area contributed by atoms with Crippen molar-refractivity contribution in [1.29, 1.82) is 0 Å². The van der Waals surface area contributed by atoms with Gasteiger partial charge in [0.1, 0.15) is 0 Å². The third kappa shape index (κ3) is 2.31. The molecule has 1 rings (SSSR count). The second-order valence-corrected chi connectivity index (χ2v) is 3.68. The largest absolute Gasteiger partial charge is 0.411 e. The Morgan fingerprint density at radius 3 is 2.73 bits per heavy atom. The van der Waals surface area contributed by atoms with Crippen molar-refractivity contribution in [2.45, 2.75) is 0 Å². The topological polar surface area (TPSA) is 32.6 Å². The quantitative estimate of drug-likeness (QED) is 0.478. The van der Waals surface area contributed by atoms with Crippen LogP contribution in [0.3, 0.4) is 0 Å². The molecule has 0 aliphatic rings. The lowest BCUT2D eigenvalue weighted by atomic mass is 10.2. The van der Waals surface area contributed by atoms with E-state index in [0.717, 1.165) is 14.5 Å². The van der Waals surface area contributed by atoms with Gasteiger partial charge in [0.2, 0.25) is 0 Å². The Morgan fingerprint density at radius 2 is 2.09 bits per heavy atom. The highest BCUT2D eigenvalue weighted by Crippen LogP contribution is 2.19. The highest BCUT2D eigenvalue weighted by atomic mass is 79.9. The Labute approximate surface area is 81.2 Å². The Morgan fingerprint density at radius 1 is 1.36 bits per heavy atom. The van der Waals surface area contributed by atoms with E-state index in [2.05, 4.69) is 37.0 Å². The van der Waals surface area contributed by atoms with Gasteiger partial charge in [-0.1, -0.05) is 37.0 Å². The monoisotopic (exact) mass is 277 g/mol. The van der Waals surface area contributed by atoms with Crippen molar-refractivity contribution in [3.8, 4) is 0 Å². The minimum atomic E-state index is 0.835. The number of hydrogen-bond acceptors (Lipinski definition) is 2. The van der Waals surface area contributed by atoms with Gasteiger partial charge in [-0.15, -0.1) is 0 Å². The van der Waals surface area contributed by atoms with Crippen molar-refractivity contribution in [2.75, 3.05) is 0 Å². The summed E-state index contributed by atoms with van der Waals surface area (Å²) in [7, 11) is 0. The first-order chi connectivity index (χ1) is 5.24. The Hall–Kier alpha value is -0.350. The molecule has 0 aliphatic carbocycles. The zero-order chi connectivity index (χ0) is 8.27. The highest BCUT2D eigenvalue weighted by Gasteiger charge is 1.96. The summed E-state index contributed by atoms with van der Waals surface area (Å²) in [5, 5.41) is 11.2. The predicted octanol–water partition coefficient (Wildman–Crippen LogP) is 3.02. The van der Waals surface area contributed by atoms with Crippen molar-refractivity contribution < 1.29 is 5.21 Å². The lowest BCUT2D eigenvalue weighted by Crippen LogP contribution is -1.82. The van der Waals surface area contributed by atoms with Crippen LogP contribution < -0.4 is 0 Å².